The zero-order valence-corrected chi connectivity index (χ0v) is 24.8. The number of fused-ring (bicyclic) bond motifs is 2. The van der Waals surface area contributed by atoms with E-state index >= 15 is 0 Å². The minimum atomic E-state index is -1.54. The predicted octanol–water partition coefficient (Wildman–Crippen LogP) is 2.50. The van der Waals surface area contributed by atoms with E-state index in [2.05, 4.69) is 10.0 Å². The van der Waals surface area contributed by atoms with Gasteiger partial charge in [0.15, 0.2) is 31.3 Å². The molecule has 4 aliphatic heterocycles. The van der Waals surface area contributed by atoms with Crippen molar-refractivity contribution in [1.82, 2.24) is 0 Å². The molecule has 0 radical (unpaired) electrons. The maximum Gasteiger partial charge on any atom is 0.337 e. The molecule has 4 fully saturated rings. The molecule has 0 spiro atoms. The number of esters is 1. The van der Waals surface area contributed by atoms with Crippen LogP contribution in [0.15, 0.2) is 59.7 Å². The Hall–Kier alpha value is -3.34. The van der Waals surface area contributed by atoms with Gasteiger partial charge in [-0.05, 0) is 30.2 Å². The molecule has 4 heterocycles. The number of hydrogen-bond acceptors (Lipinski definition) is 13. The summed E-state index contributed by atoms with van der Waals surface area (Å²) >= 11 is 0. The van der Waals surface area contributed by atoms with Gasteiger partial charge in [0.2, 0.25) is 0 Å². The molecule has 2 aromatic rings. The van der Waals surface area contributed by atoms with Gasteiger partial charge in [-0.1, -0.05) is 47.6 Å². The number of rotatable bonds is 9. The van der Waals surface area contributed by atoms with E-state index in [4.69, 9.17) is 47.4 Å². The van der Waals surface area contributed by atoms with Gasteiger partial charge in [0, 0.05) is 10.5 Å². The summed E-state index contributed by atoms with van der Waals surface area (Å²) in [5.41, 5.74) is 11.3. The van der Waals surface area contributed by atoms with Gasteiger partial charge in [-0.2, -0.15) is 0 Å². The summed E-state index contributed by atoms with van der Waals surface area (Å²) in [4.78, 5) is 15.5. The summed E-state index contributed by atoms with van der Waals surface area (Å²) in [5, 5.41) is 15.3. The Morgan fingerprint density at radius 2 is 1.78 bits per heavy atom. The van der Waals surface area contributed by atoms with E-state index in [1.54, 1.807) is 14.0 Å². The van der Waals surface area contributed by atoms with E-state index in [0.717, 1.165) is 11.1 Å². The number of methoxy groups -OCH3 is 2. The van der Waals surface area contributed by atoms with Crippen molar-refractivity contribution in [2.45, 2.75) is 87.5 Å². The van der Waals surface area contributed by atoms with E-state index in [1.807, 2.05) is 54.6 Å². The van der Waals surface area contributed by atoms with E-state index in [1.165, 1.54) is 7.11 Å². The Kier molecular flexibility index (Phi) is 9.82. The molecule has 2 aromatic carbocycles. The molecular formula is C30H35N3O12. The van der Waals surface area contributed by atoms with E-state index in [0.29, 0.717) is 5.75 Å². The van der Waals surface area contributed by atoms with Crippen molar-refractivity contribution in [3.05, 3.63) is 76.2 Å². The molecule has 242 valence electrons. The van der Waals surface area contributed by atoms with Crippen LogP contribution in [0.2, 0.25) is 0 Å². The van der Waals surface area contributed by atoms with Crippen molar-refractivity contribution in [1.29, 1.82) is 0 Å². The third kappa shape index (κ3) is 6.64. The highest BCUT2D eigenvalue weighted by Crippen LogP contribution is 2.40. The largest absolute Gasteiger partial charge is 0.497 e. The maximum atomic E-state index is 12.5. The molecule has 15 nitrogen and oxygen atoms in total. The first-order valence-corrected chi connectivity index (χ1v) is 14.5. The Morgan fingerprint density at radius 3 is 2.49 bits per heavy atom. The van der Waals surface area contributed by atoms with Crippen LogP contribution >= 0.6 is 0 Å². The lowest BCUT2D eigenvalue weighted by Gasteiger charge is -2.49. The van der Waals surface area contributed by atoms with Crippen LogP contribution in [0.1, 0.15) is 24.3 Å². The topological polar surface area (TPSA) is 178 Å². The number of aliphatic hydroxyl groups excluding tert-OH is 1. The number of azide groups is 1. The Balaban J connectivity index is 1.29. The highest BCUT2D eigenvalue weighted by Gasteiger charge is 2.57. The quantitative estimate of drug-likeness (QED) is 0.186. The van der Waals surface area contributed by atoms with Gasteiger partial charge in [0.25, 0.3) is 0 Å². The number of benzene rings is 2. The average Bonchev–Trinajstić information content (AvgIpc) is 3.45. The molecule has 0 unspecified atom stereocenters. The first-order valence-electron chi connectivity index (χ1n) is 14.5. The molecule has 6 rings (SSSR count). The van der Waals surface area contributed by atoms with Crippen LogP contribution in [-0.4, -0.2) is 99.5 Å². The lowest BCUT2D eigenvalue weighted by atomic mass is 9.94. The molecule has 1 N–H and O–H groups in total. The smallest absolute Gasteiger partial charge is 0.337 e. The monoisotopic (exact) mass is 629 g/mol. The fourth-order valence-electron chi connectivity index (χ4n) is 5.88. The van der Waals surface area contributed by atoms with Crippen molar-refractivity contribution in [2.24, 2.45) is 5.11 Å². The van der Waals surface area contributed by atoms with Gasteiger partial charge in [-0.25, -0.2) is 4.79 Å². The van der Waals surface area contributed by atoms with Crippen molar-refractivity contribution in [3.63, 3.8) is 0 Å². The van der Waals surface area contributed by atoms with Gasteiger partial charge >= 0.3 is 5.97 Å². The molecule has 45 heavy (non-hydrogen) atoms. The maximum absolute atomic E-state index is 12.5. The summed E-state index contributed by atoms with van der Waals surface area (Å²) in [6.45, 7) is 1.87. The molecular weight excluding hydrogens is 594 g/mol. The zero-order valence-electron chi connectivity index (χ0n) is 24.8. The lowest BCUT2D eigenvalue weighted by molar-refractivity contribution is -0.364. The van der Waals surface area contributed by atoms with Gasteiger partial charge in [-0.3, -0.25) is 0 Å². The summed E-state index contributed by atoms with van der Waals surface area (Å²) in [5.74, 6) is -0.134. The number of hydrogen-bond donors (Lipinski definition) is 1. The van der Waals surface area contributed by atoms with Crippen LogP contribution in [-0.2, 0) is 54.0 Å². The second-order valence-electron chi connectivity index (χ2n) is 10.9. The minimum absolute atomic E-state index is 0.0965. The summed E-state index contributed by atoms with van der Waals surface area (Å²) in [6, 6.07) is 15.6. The molecule has 0 aliphatic carbocycles. The molecule has 15 heteroatoms. The number of carbonyl (C=O) groups excluding carboxylic acids is 1. The van der Waals surface area contributed by atoms with Gasteiger partial charge < -0.3 is 52.5 Å². The fraction of sp³-hybridized carbons (Fsp3) is 0.567. The summed E-state index contributed by atoms with van der Waals surface area (Å²) in [6.07, 6.45) is -11.2. The van der Waals surface area contributed by atoms with Crippen LogP contribution in [0.4, 0.5) is 0 Å². The van der Waals surface area contributed by atoms with Crippen molar-refractivity contribution in [2.75, 3.05) is 20.8 Å². The molecule has 0 aromatic heterocycles. The molecule has 12 atom stereocenters. The molecule has 4 aliphatic rings. The second kappa shape index (κ2) is 14.0. The minimum Gasteiger partial charge on any atom is -0.497 e. The van der Waals surface area contributed by atoms with Crippen LogP contribution in [0.25, 0.3) is 10.4 Å². The molecule has 4 saturated heterocycles. The van der Waals surface area contributed by atoms with Crippen molar-refractivity contribution >= 4 is 5.97 Å². The Bertz CT molecular complexity index is 1350. The van der Waals surface area contributed by atoms with Gasteiger partial charge in [0.1, 0.15) is 48.4 Å². The normalized spacial score (nSPS) is 37.5. The van der Waals surface area contributed by atoms with Crippen LogP contribution < -0.4 is 4.74 Å². The third-order valence-electron chi connectivity index (χ3n) is 8.08. The van der Waals surface area contributed by atoms with Crippen LogP contribution in [0, 0.1) is 0 Å². The first-order chi connectivity index (χ1) is 21.9. The Morgan fingerprint density at radius 1 is 1.00 bits per heavy atom. The lowest BCUT2D eigenvalue weighted by Crippen LogP contribution is -2.65. The van der Waals surface area contributed by atoms with E-state index < -0.39 is 79.9 Å². The van der Waals surface area contributed by atoms with Crippen molar-refractivity contribution in [3.8, 4) is 5.75 Å². The number of nitrogens with zero attached hydrogens (tertiary/aromatic N) is 3. The van der Waals surface area contributed by atoms with Gasteiger partial charge in [-0.15, -0.1) is 0 Å². The summed E-state index contributed by atoms with van der Waals surface area (Å²) < 4.78 is 58.7. The number of aliphatic hydroxyl groups is 1. The molecule has 0 bridgehead atoms. The fourth-order valence-corrected chi connectivity index (χ4v) is 5.88. The second-order valence-corrected chi connectivity index (χ2v) is 10.9. The van der Waals surface area contributed by atoms with E-state index in [-0.39, 0.29) is 13.2 Å². The standard InChI is InChI=1S/C30H35N3O12/c1-15-40-26-24(21(34)25(27(35)37-3)45-30(26)41-15)44-29-20(32-33-31)23(38-13-16-9-11-18(36-2)12-10-16)22-19(42-29)14-39-28(43-22)17-7-5-4-6-8-17/h4-12,15,19-26,28-30,34H,13-14H2,1-3H3/t15-,19+,20+,21-,22+,23+,24-,25-,26+,28+,29+,30-/m0/s1. The van der Waals surface area contributed by atoms with Crippen LogP contribution in [0.3, 0.4) is 0 Å². The SMILES string of the molecule is COC(=O)[C@H]1O[C@@H]2O[C@@H](C)O[C@@H]2[C@@H](O[C@H]2O[C@@H]3CO[C@@H](c4ccccc4)O[C@H]3[C@H](OCc3ccc(OC)cc3)[C@H]2N=[N+]=[N-])[C@@H]1O. The van der Waals surface area contributed by atoms with E-state index in [9.17, 15) is 15.4 Å². The molecule has 0 amide bonds. The Labute approximate surface area is 258 Å². The highest BCUT2D eigenvalue weighted by atomic mass is 16.8. The molecule has 0 saturated carbocycles. The number of carbonyl (C=O) groups is 1. The zero-order chi connectivity index (χ0) is 31.5. The van der Waals surface area contributed by atoms with Crippen LogP contribution in [0.5, 0.6) is 5.75 Å². The predicted molar refractivity (Wildman–Crippen MR) is 150 cm³/mol. The van der Waals surface area contributed by atoms with Crippen molar-refractivity contribution < 1.29 is 57.3 Å². The first kappa shape index (κ1) is 31.6. The number of ether oxygens (including phenoxy) is 10. The summed E-state index contributed by atoms with van der Waals surface area (Å²) in [7, 11) is 2.76. The highest BCUT2D eigenvalue weighted by molar-refractivity contribution is 5.75. The van der Waals surface area contributed by atoms with Gasteiger partial charge in [0.05, 0.1) is 27.4 Å². The third-order valence-corrected chi connectivity index (χ3v) is 8.08. The average molecular weight is 630 g/mol.